The van der Waals surface area contributed by atoms with Crippen LogP contribution in [0.25, 0.3) is 0 Å². The smallest absolute Gasteiger partial charge is 0.158 e. The Labute approximate surface area is 117 Å². The highest BCUT2D eigenvalue weighted by molar-refractivity contribution is 7.09. The minimum atomic E-state index is 0.455. The number of nitrogen functional groups attached to an aromatic ring is 1. The molecule has 2 aromatic heterocycles. The lowest BCUT2D eigenvalue weighted by molar-refractivity contribution is 0.203. The van der Waals surface area contributed by atoms with Crippen molar-refractivity contribution in [2.45, 2.75) is 33.0 Å². The molecule has 0 aliphatic rings. The minimum Gasteiger partial charge on any atom is -0.307 e. The summed E-state index contributed by atoms with van der Waals surface area (Å²) in [6.45, 7) is 6.11. The molecule has 5 nitrogen and oxygen atoms in total. The van der Waals surface area contributed by atoms with E-state index in [2.05, 4.69) is 51.7 Å². The summed E-state index contributed by atoms with van der Waals surface area (Å²) in [7, 11) is 0. The maximum absolute atomic E-state index is 5.28. The second-order valence-electron chi connectivity index (χ2n) is 4.62. The topological polar surface area (TPSA) is 67.1 Å². The molecule has 0 aromatic carbocycles. The Bertz CT molecular complexity index is 480. The van der Waals surface area contributed by atoms with Crippen molar-refractivity contribution in [1.29, 1.82) is 0 Å². The highest BCUT2D eigenvalue weighted by Crippen LogP contribution is 2.16. The van der Waals surface area contributed by atoms with Gasteiger partial charge in [0.25, 0.3) is 0 Å². The van der Waals surface area contributed by atoms with Crippen LogP contribution in [-0.2, 0) is 13.1 Å². The summed E-state index contributed by atoms with van der Waals surface area (Å²) < 4.78 is 0. The molecule has 102 valence electrons. The Morgan fingerprint density at radius 3 is 2.68 bits per heavy atom. The molecular formula is C13H19N5S. The monoisotopic (exact) mass is 277 g/mol. The summed E-state index contributed by atoms with van der Waals surface area (Å²) in [4.78, 5) is 12.3. The molecular weight excluding hydrogens is 258 g/mol. The van der Waals surface area contributed by atoms with Crippen LogP contribution >= 0.6 is 11.3 Å². The van der Waals surface area contributed by atoms with Crippen molar-refractivity contribution in [1.82, 2.24) is 14.9 Å². The number of nitrogens with one attached hydrogen (secondary N) is 1. The molecule has 2 rings (SSSR count). The second-order valence-corrected chi connectivity index (χ2v) is 5.65. The van der Waals surface area contributed by atoms with Gasteiger partial charge in [-0.2, -0.15) is 0 Å². The summed E-state index contributed by atoms with van der Waals surface area (Å²) in [6.07, 6.45) is 3.41. The molecule has 0 atom stereocenters. The predicted molar refractivity (Wildman–Crippen MR) is 78.5 cm³/mol. The van der Waals surface area contributed by atoms with Crippen LogP contribution in [0.4, 0.5) is 5.82 Å². The van der Waals surface area contributed by atoms with E-state index in [4.69, 9.17) is 5.84 Å². The Hall–Kier alpha value is -1.50. The fourth-order valence-corrected chi connectivity index (χ4v) is 2.47. The normalized spacial score (nSPS) is 11.2. The Balaban J connectivity index is 2.03. The Morgan fingerprint density at radius 1 is 1.32 bits per heavy atom. The maximum Gasteiger partial charge on any atom is 0.158 e. The van der Waals surface area contributed by atoms with Crippen molar-refractivity contribution in [2.75, 3.05) is 5.43 Å². The summed E-state index contributed by atoms with van der Waals surface area (Å²) in [5.41, 5.74) is 3.43. The SMILES string of the molecule is CC(C)N(Cc1cnc(NN)cn1)Cc1cccs1. The van der Waals surface area contributed by atoms with E-state index in [1.54, 1.807) is 23.7 Å². The lowest BCUT2D eigenvalue weighted by Gasteiger charge is -2.25. The second kappa shape index (κ2) is 6.60. The van der Waals surface area contributed by atoms with Gasteiger partial charge in [-0.1, -0.05) is 6.07 Å². The summed E-state index contributed by atoms with van der Waals surface area (Å²) >= 11 is 1.78. The van der Waals surface area contributed by atoms with E-state index >= 15 is 0 Å². The van der Waals surface area contributed by atoms with E-state index in [1.165, 1.54) is 4.88 Å². The minimum absolute atomic E-state index is 0.455. The van der Waals surface area contributed by atoms with Crippen molar-refractivity contribution in [3.63, 3.8) is 0 Å². The van der Waals surface area contributed by atoms with Crippen LogP contribution in [0.5, 0.6) is 0 Å². The summed E-state index contributed by atoms with van der Waals surface area (Å²) in [6, 6.07) is 4.70. The van der Waals surface area contributed by atoms with Crippen LogP contribution in [0.15, 0.2) is 29.9 Å². The molecule has 19 heavy (non-hydrogen) atoms. The van der Waals surface area contributed by atoms with Gasteiger partial charge < -0.3 is 5.43 Å². The van der Waals surface area contributed by atoms with E-state index in [9.17, 15) is 0 Å². The van der Waals surface area contributed by atoms with E-state index < -0.39 is 0 Å². The quantitative estimate of drug-likeness (QED) is 0.626. The number of thiophene rings is 1. The van der Waals surface area contributed by atoms with Crippen LogP contribution in [0.3, 0.4) is 0 Å². The van der Waals surface area contributed by atoms with Gasteiger partial charge in [0.1, 0.15) is 0 Å². The highest BCUT2D eigenvalue weighted by atomic mass is 32.1. The van der Waals surface area contributed by atoms with Crippen molar-refractivity contribution in [3.8, 4) is 0 Å². The number of rotatable bonds is 6. The lowest BCUT2D eigenvalue weighted by Crippen LogP contribution is -2.30. The zero-order chi connectivity index (χ0) is 13.7. The van der Waals surface area contributed by atoms with Crippen molar-refractivity contribution >= 4 is 17.2 Å². The van der Waals surface area contributed by atoms with Gasteiger partial charge in [0.05, 0.1) is 18.1 Å². The number of nitrogens with two attached hydrogens (primary N) is 1. The van der Waals surface area contributed by atoms with Gasteiger partial charge in [-0.3, -0.25) is 9.88 Å². The molecule has 3 N–H and O–H groups in total. The number of hydrogen-bond donors (Lipinski definition) is 2. The molecule has 0 unspecified atom stereocenters. The molecule has 2 aromatic rings. The molecule has 0 radical (unpaired) electrons. The van der Waals surface area contributed by atoms with E-state index in [-0.39, 0.29) is 0 Å². The van der Waals surface area contributed by atoms with Gasteiger partial charge in [-0.15, -0.1) is 11.3 Å². The molecule has 0 aliphatic heterocycles. The molecule has 0 saturated carbocycles. The molecule has 0 spiro atoms. The first kappa shape index (κ1) is 13.9. The van der Waals surface area contributed by atoms with Crippen molar-refractivity contribution in [3.05, 3.63) is 40.5 Å². The van der Waals surface area contributed by atoms with Gasteiger partial charge in [0.15, 0.2) is 5.82 Å². The Kier molecular flexibility index (Phi) is 4.84. The number of hydrazine groups is 1. The fourth-order valence-electron chi connectivity index (χ4n) is 1.74. The molecule has 0 bridgehead atoms. The maximum atomic E-state index is 5.28. The van der Waals surface area contributed by atoms with Gasteiger partial charge >= 0.3 is 0 Å². The molecule has 0 saturated heterocycles. The number of aromatic nitrogens is 2. The summed E-state index contributed by atoms with van der Waals surface area (Å²) in [5.74, 6) is 5.86. The van der Waals surface area contributed by atoms with Crippen molar-refractivity contribution in [2.24, 2.45) is 5.84 Å². The third kappa shape index (κ3) is 3.99. The van der Waals surface area contributed by atoms with E-state index in [0.717, 1.165) is 18.8 Å². The standard InChI is InChI=1S/C13H19N5S/c1-10(2)18(9-12-4-3-5-19-12)8-11-6-16-13(17-14)7-15-11/h3-7,10H,8-9,14H2,1-2H3,(H,16,17). The van der Waals surface area contributed by atoms with Crippen LogP contribution in [0.2, 0.25) is 0 Å². The molecule has 2 heterocycles. The summed E-state index contributed by atoms with van der Waals surface area (Å²) in [5, 5.41) is 2.11. The number of anilines is 1. The van der Waals surface area contributed by atoms with Gasteiger partial charge in [-0.05, 0) is 25.3 Å². The van der Waals surface area contributed by atoms with Crippen LogP contribution in [0.1, 0.15) is 24.4 Å². The average molecular weight is 277 g/mol. The molecule has 0 amide bonds. The molecule has 0 fully saturated rings. The predicted octanol–water partition coefficient (Wildman–Crippen LogP) is 2.23. The van der Waals surface area contributed by atoms with Gasteiger partial charge in [0, 0.05) is 24.0 Å². The lowest BCUT2D eigenvalue weighted by atomic mass is 10.2. The fraction of sp³-hybridized carbons (Fsp3) is 0.385. The zero-order valence-electron chi connectivity index (χ0n) is 11.2. The number of hydrogen-bond acceptors (Lipinski definition) is 6. The van der Waals surface area contributed by atoms with Gasteiger partial charge in [0.2, 0.25) is 0 Å². The van der Waals surface area contributed by atoms with E-state index in [0.29, 0.717) is 11.9 Å². The molecule has 0 aliphatic carbocycles. The van der Waals surface area contributed by atoms with Gasteiger partial charge in [-0.25, -0.2) is 10.8 Å². The highest BCUT2D eigenvalue weighted by Gasteiger charge is 2.12. The third-order valence-electron chi connectivity index (χ3n) is 2.89. The largest absolute Gasteiger partial charge is 0.307 e. The molecule has 6 heteroatoms. The van der Waals surface area contributed by atoms with Crippen LogP contribution < -0.4 is 11.3 Å². The first-order valence-electron chi connectivity index (χ1n) is 6.23. The first-order valence-corrected chi connectivity index (χ1v) is 7.11. The first-order chi connectivity index (χ1) is 9.19. The van der Waals surface area contributed by atoms with Crippen LogP contribution in [0, 0.1) is 0 Å². The number of nitrogens with zero attached hydrogens (tertiary/aromatic N) is 3. The average Bonchev–Trinajstić information content (AvgIpc) is 2.91. The zero-order valence-corrected chi connectivity index (χ0v) is 12.0. The van der Waals surface area contributed by atoms with Crippen LogP contribution in [-0.4, -0.2) is 20.9 Å². The Morgan fingerprint density at radius 2 is 2.16 bits per heavy atom. The van der Waals surface area contributed by atoms with E-state index in [1.807, 2.05) is 0 Å². The van der Waals surface area contributed by atoms with Crippen molar-refractivity contribution < 1.29 is 0 Å². The third-order valence-corrected chi connectivity index (χ3v) is 3.75.